The highest BCUT2D eigenvalue weighted by atomic mass is 32.2. The number of nitrogens with one attached hydrogen (secondary N) is 1. The van der Waals surface area contributed by atoms with Crippen LogP contribution in [0, 0.1) is 13.8 Å². The summed E-state index contributed by atoms with van der Waals surface area (Å²) in [6.45, 7) is 9.11. The Hall–Kier alpha value is -4.43. The molecule has 4 aromatic carbocycles. The average Bonchev–Trinajstić information content (AvgIpc) is 2.98. The summed E-state index contributed by atoms with van der Waals surface area (Å²) in [7, 11) is -4.13. The van der Waals surface area contributed by atoms with Gasteiger partial charge >= 0.3 is 0 Å². The van der Waals surface area contributed by atoms with Crippen LogP contribution in [0.4, 0.5) is 5.69 Å². The highest BCUT2D eigenvalue weighted by molar-refractivity contribution is 7.92. The number of nitrogens with zero attached hydrogens (tertiary/aromatic N) is 2. The standard InChI is InChI=1S/C36H41N3O4S/c1-27-16-20-31(21-17-27)39(44(42,43)32-22-18-28(2)19-23-32)26-34(40)38(25-30-14-10-7-11-15-30)33(35(41)37-36(3,4)5)24-29-12-8-6-9-13-29/h6-23,33H,24-26H2,1-5H3,(H,37,41)/t33-/m0/s1. The van der Waals surface area contributed by atoms with E-state index in [-0.39, 0.29) is 23.8 Å². The van der Waals surface area contributed by atoms with Crippen molar-refractivity contribution in [2.75, 3.05) is 10.8 Å². The largest absolute Gasteiger partial charge is 0.350 e. The van der Waals surface area contributed by atoms with Gasteiger partial charge in [0.05, 0.1) is 10.6 Å². The van der Waals surface area contributed by atoms with Crippen LogP contribution >= 0.6 is 0 Å². The van der Waals surface area contributed by atoms with Crippen LogP contribution in [0.5, 0.6) is 0 Å². The minimum absolute atomic E-state index is 0.0809. The Kier molecular flexibility index (Phi) is 10.3. The zero-order chi connectivity index (χ0) is 31.9. The first kappa shape index (κ1) is 32.5. The first-order valence-electron chi connectivity index (χ1n) is 14.7. The fourth-order valence-corrected chi connectivity index (χ4v) is 6.28. The van der Waals surface area contributed by atoms with Crippen LogP contribution < -0.4 is 9.62 Å². The van der Waals surface area contributed by atoms with Crippen molar-refractivity contribution < 1.29 is 18.0 Å². The molecular weight excluding hydrogens is 570 g/mol. The van der Waals surface area contributed by atoms with E-state index >= 15 is 0 Å². The zero-order valence-corrected chi connectivity index (χ0v) is 26.8. The molecule has 0 aliphatic carbocycles. The van der Waals surface area contributed by atoms with Gasteiger partial charge in [0.1, 0.15) is 12.6 Å². The SMILES string of the molecule is Cc1ccc(N(CC(=O)N(Cc2ccccc2)[C@@H](Cc2ccccc2)C(=O)NC(C)(C)C)S(=O)(=O)c2ccc(C)cc2)cc1. The van der Waals surface area contributed by atoms with Crippen molar-refractivity contribution in [2.45, 2.75) is 64.1 Å². The Labute approximate surface area is 261 Å². The van der Waals surface area contributed by atoms with Gasteiger partial charge in [-0.1, -0.05) is 96.1 Å². The molecule has 4 rings (SSSR count). The Bertz CT molecular complexity index is 1650. The molecule has 230 valence electrons. The van der Waals surface area contributed by atoms with Crippen molar-refractivity contribution in [3.8, 4) is 0 Å². The molecule has 0 radical (unpaired) electrons. The Balaban J connectivity index is 1.80. The average molecular weight is 612 g/mol. The van der Waals surface area contributed by atoms with Crippen molar-refractivity contribution in [3.63, 3.8) is 0 Å². The van der Waals surface area contributed by atoms with Crippen molar-refractivity contribution in [3.05, 3.63) is 131 Å². The van der Waals surface area contributed by atoms with Crippen LogP contribution in [0.2, 0.25) is 0 Å². The van der Waals surface area contributed by atoms with Crippen LogP contribution in [0.3, 0.4) is 0 Å². The lowest BCUT2D eigenvalue weighted by Crippen LogP contribution is -2.56. The van der Waals surface area contributed by atoms with Gasteiger partial charge in [-0.15, -0.1) is 0 Å². The Morgan fingerprint density at radius 3 is 1.75 bits per heavy atom. The number of amides is 2. The van der Waals surface area contributed by atoms with Crippen LogP contribution in [0.25, 0.3) is 0 Å². The summed E-state index contributed by atoms with van der Waals surface area (Å²) in [6, 6.07) is 31.6. The number of carbonyl (C=O) groups is 2. The van der Waals surface area contributed by atoms with Gasteiger partial charge in [0.15, 0.2) is 0 Å². The van der Waals surface area contributed by atoms with Crippen LogP contribution in [-0.4, -0.2) is 43.3 Å². The number of rotatable bonds is 11. The van der Waals surface area contributed by atoms with Crippen molar-refractivity contribution in [1.82, 2.24) is 10.2 Å². The van der Waals surface area contributed by atoms with Gasteiger partial charge in [0.25, 0.3) is 10.0 Å². The number of hydrogen-bond acceptors (Lipinski definition) is 4. The molecule has 0 bridgehead atoms. The third-order valence-corrected chi connectivity index (χ3v) is 8.96. The predicted molar refractivity (Wildman–Crippen MR) is 176 cm³/mol. The normalized spacial score (nSPS) is 12.3. The Morgan fingerprint density at radius 2 is 1.23 bits per heavy atom. The minimum Gasteiger partial charge on any atom is -0.350 e. The lowest BCUT2D eigenvalue weighted by atomic mass is 10.0. The van der Waals surface area contributed by atoms with E-state index in [9.17, 15) is 18.0 Å². The first-order valence-corrected chi connectivity index (χ1v) is 16.1. The lowest BCUT2D eigenvalue weighted by Gasteiger charge is -2.35. The van der Waals surface area contributed by atoms with E-state index in [2.05, 4.69) is 5.32 Å². The molecule has 44 heavy (non-hydrogen) atoms. The molecule has 8 heteroatoms. The summed E-state index contributed by atoms with van der Waals surface area (Å²) in [6.07, 6.45) is 0.260. The third-order valence-electron chi connectivity index (χ3n) is 7.17. The van der Waals surface area contributed by atoms with E-state index in [1.807, 2.05) is 107 Å². The molecule has 1 N–H and O–H groups in total. The van der Waals surface area contributed by atoms with Gasteiger partial charge in [-0.05, 0) is 70.0 Å². The molecule has 0 unspecified atom stereocenters. The summed E-state index contributed by atoms with van der Waals surface area (Å²) in [5.74, 6) is -0.802. The third kappa shape index (κ3) is 8.57. The maximum atomic E-state index is 14.5. The monoisotopic (exact) mass is 611 g/mol. The molecule has 0 aromatic heterocycles. The second kappa shape index (κ2) is 13.9. The zero-order valence-electron chi connectivity index (χ0n) is 26.0. The van der Waals surface area contributed by atoms with Crippen LogP contribution in [-0.2, 0) is 32.6 Å². The van der Waals surface area contributed by atoms with E-state index < -0.39 is 34.1 Å². The topological polar surface area (TPSA) is 86.8 Å². The van der Waals surface area contributed by atoms with E-state index in [4.69, 9.17) is 0 Å². The minimum atomic E-state index is -4.13. The van der Waals surface area contributed by atoms with E-state index in [0.717, 1.165) is 26.6 Å². The number of carbonyl (C=O) groups excluding carboxylic acids is 2. The van der Waals surface area contributed by atoms with Crippen molar-refractivity contribution in [2.24, 2.45) is 0 Å². The highest BCUT2D eigenvalue weighted by Gasteiger charge is 2.35. The van der Waals surface area contributed by atoms with Gasteiger partial charge in [0, 0.05) is 18.5 Å². The maximum absolute atomic E-state index is 14.5. The predicted octanol–water partition coefficient (Wildman–Crippen LogP) is 6.05. The summed E-state index contributed by atoms with van der Waals surface area (Å²) in [5, 5.41) is 3.05. The van der Waals surface area contributed by atoms with E-state index in [1.54, 1.807) is 36.4 Å². The number of aryl methyl sites for hydroxylation is 2. The molecule has 0 fully saturated rings. The summed E-state index contributed by atoms with van der Waals surface area (Å²) >= 11 is 0. The molecular formula is C36H41N3O4S. The molecule has 4 aromatic rings. The summed E-state index contributed by atoms with van der Waals surface area (Å²) in [4.78, 5) is 30.0. The van der Waals surface area contributed by atoms with Gasteiger partial charge in [-0.3, -0.25) is 13.9 Å². The quantitative estimate of drug-likeness (QED) is 0.224. The smallest absolute Gasteiger partial charge is 0.264 e. The molecule has 2 amide bonds. The van der Waals surface area contributed by atoms with Crippen molar-refractivity contribution >= 4 is 27.5 Å². The van der Waals surface area contributed by atoms with E-state index in [0.29, 0.717) is 5.69 Å². The van der Waals surface area contributed by atoms with Gasteiger partial charge in [-0.2, -0.15) is 0 Å². The molecule has 1 atom stereocenters. The Morgan fingerprint density at radius 1 is 0.727 bits per heavy atom. The molecule has 0 heterocycles. The number of anilines is 1. The second-order valence-corrected chi connectivity index (χ2v) is 14.0. The van der Waals surface area contributed by atoms with Gasteiger partial charge < -0.3 is 10.2 Å². The molecule has 0 saturated carbocycles. The van der Waals surface area contributed by atoms with Gasteiger partial charge in [0.2, 0.25) is 11.8 Å². The molecule has 0 aliphatic heterocycles. The lowest BCUT2D eigenvalue weighted by molar-refractivity contribution is -0.140. The van der Waals surface area contributed by atoms with Gasteiger partial charge in [-0.25, -0.2) is 8.42 Å². The molecule has 0 saturated heterocycles. The number of benzene rings is 4. The first-order chi connectivity index (χ1) is 20.8. The molecule has 0 aliphatic rings. The maximum Gasteiger partial charge on any atom is 0.264 e. The fourth-order valence-electron chi connectivity index (χ4n) is 4.86. The fraction of sp³-hybridized carbons (Fsp3) is 0.278. The summed E-state index contributed by atoms with van der Waals surface area (Å²) in [5.41, 5.74) is 3.41. The highest BCUT2D eigenvalue weighted by Crippen LogP contribution is 2.26. The molecule has 7 nitrogen and oxygen atoms in total. The molecule has 0 spiro atoms. The van der Waals surface area contributed by atoms with Crippen molar-refractivity contribution in [1.29, 1.82) is 0 Å². The summed E-state index contributed by atoms with van der Waals surface area (Å²) < 4.78 is 29.3. The van der Waals surface area contributed by atoms with Crippen LogP contribution in [0.1, 0.15) is 43.0 Å². The van der Waals surface area contributed by atoms with E-state index in [1.165, 1.54) is 4.90 Å². The number of hydrogen-bond donors (Lipinski definition) is 1. The number of sulfonamides is 1. The second-order valence-electron chi connectivity index (χ2n) is 12.1. The van der Waals surface area contributed by atoms with Crippen LogP contribution in [0.15, 0.2) is 114 Å².